The number of rotatable bonds is 6. The maximum Gasteiger partial charge on any atom is 0.269 e. The highest BCUT2D eigenvalue weighted by Gasteiger charge is 2.30. The molecule has 0 bridgehead atoms. The number of hydrazone groups is 1. The number of nitro groups is 1. The lowest BCUT2D eigenvalue weighted by Gasteiger charge is -2.09. The van der Waals surface area contributed by atoms with Gasteiger partial charge in [0.25, 0.3) is 5.69 Å². The molecule has 0 heterocycles. The van der Waals surface area contributed by atoms with E-state index in [2.05, 4.69) is 10.5 Å². The number of nitro benzene ring substituents is 1. The van der Waals surface area contributed by atoms with Crippen LogP contribution in [-0.2, 0) is 9.84 Å². The molecule has 0 aliphatic heterocycles. The van der Waals surface area contributed by atoms with Crippen LogP contribution in [0.15, 0.2) is 94.9 Å². The van der Waals surface area contributed by atoms with E-state index >= 15 is 0 Å². The molecule has 0 amide bonds. The van der Waals surface area contributed by atoms with Crippen LogP contribution in [0, 0.1) is 10.1 Å². The van der Waals surface area contributed by atoms with Crippen LogP contribution in [0.2, 0.25) is 0 Å². The first-order chi connectivity index (χ1) is 13.9. The minimum absolute atomic E-state index is 0.0754. The van der Waals surface area contributed by atoms with Crippen LogP contribution >= 0.6 is 0 Å². The van der Waals surface area contributed by atoms with Crippen LogP contribution in [0.1, 0.15) is 10.4 Å². The van der Waals surface area contributed by atoms with E-state index in [9.17, 15) is 23.3 Å². The van der Waals surface area contributed by atoms with Crippen LogP contribution in [0.3, 0.4) is 0 Å². The first kappa shape index (κ1) is 19.9. The quantitative estimate of drug-likeness (QED) is 0.218. The summed E-state index contributed by atoms with van der Waals surface area (Å²) in [5, 5.41) is 13.9. The third-order valence-corrected chi connectivity index (χ3v) is 5.58. The van der Waals surface area contributed by atoms with E-state index in [-0.39, 0.29) is 21.8 Å². The minimum atomic E-state index is -4.21. The number of carbonyl (C=O) groups is 1. The second-order valence-electron chi connectivity index (χ2n) is 5.84. The Balaban J connectivity index is 2.02. The lowest BCUT2D eigenvalue weighted by Crippen LogP contribution is -2.26. The number of nitrogens with zero attached hydrogens (tertiary/aromatic N) is 2. The molecule has 3 aromatic carbocycles. The zero-order chi connectivity index (χ0) is 20.9. The summed E-state index contributed by atoms with van der Waals surface area (Å²) in [5.74, 6) is -0.774. The average Bonchev–Trinajstić information content (AvgIpc) is 2.75. The van der Waals surface area contributed by atoms with Crippen molar-refractivity contribution in [2.75, 3.05) is 5.43 Å². The van der Waals surface area contributed by atoms with Crippen LogP contribution in [0.5, 0.6) is 0 Å². The minimum Gasteiger partial charge on any atom is -0.286 e. The predicted octanol–water partition coefficient (Wildman–Crippen LogP) is 3.68. The molecule has 0 atom stereocenters. The average molecular weight is 409 g/mol. The van der Waals surface area contributed by atoms with Crippen molar-refractivity contribution in [3.8, 4) is 0 Å². The topological polar surface area (TPSA) is 119 Å². The number of ketones is 1. The monoisotopic (exact) mass is 409 g/mol. The summed E-state index contributed by atoms with van der Waals surface area (Å²) in [6.07, 6.45) is 0. The van der Waals surface area contributed by atoms with Crippen molar-refractivity contribution < 1.29 is 18.1 Å². The molecule has 3 rings (SSSR count). The second-order valence-corrected chi connectivity index (χ2v) is 7.71. The third kappa shape index (κ3) is 4.53. The van der Waals surface area contributed by atoms with Gasteiger partial charge < -0.3 is 0 Å². The first-order valence-electron chi connectivity index (χ1n) is 8.37. The van der Waals surface area contributed by atoms with Crippen LogP contribution in [0.25, 0.3) is 0 Å². The van der Waals surface area contributed by atoms with E-state index in [1.807, 2.05) is 0 Å². The van der Waals surface area contributed by atoms with E-state index in [1.165, 1.54) is 48.5 Å². The Morgan fingerprint density at radius 3 is 1.97 bits per heavy atom. The fourth-order valence-corrected chi connectivity index (χ4v) is 3.70. The van der Waals surface area contributed by atoms with Gasteiger partial charge in [0, 0.05) is 17.7 Å². The number of carbonyl (C=O) groups excluding carboxylic acids is 1. The van der Waals surface area contributed by atoms with Gasteiger partial charge in [-0.25, -0.2) is 8.42 Å². The normalized spacial score (nSPS) is 11.7. The van der Waals surface area contributed by atoms with Gasteiger partial charge in [-0.2, -0.15) is 5.10 Å². The van der Waals surface area contributed by atoms with Crippen molar-refractivity contribution >= 4 is 32.0 Å². The van der Waals surface area contributed by atoms with Gasteiger partial charge in [-0.05, 0) is 24.3 Å². The number of Topliss-reactive ketones (excluding diaryl/α,β-unsaturated/α-hetero) is 1. The molecule has 0 fully saturated rings. The van der Waals surface area contributed by atoms with Crippen molar-refractivity contribution in [2.45, 2.75) is 4.90 Å². The smallest absolute Gasteiger partial charge is 0.269 e. The van der Waals surface area contributed by atoms with E-state index < -0.39 is 25.6 Å². The number of anilines is 1. The SMILES string of the molecule is O=C(/C(=N\Nc1ccc([N+](=O)[O-])cc1)S(=O)(=O)c1ccccc1)c1ccccc1. The van der Waals surface area contributed by atoms with Gasteiger partial charge in [-0.15, -0.1) is 0 Å². The highest BCUT2D eigenvalue weighted by Crippen LogP contribution is 2.18. The van der Waals surface area contributed by atoms with Gasteiger partial charge in [0.05, 0.1) is 15.5 Å². The number of hydrogen-bond donors (Lipinski definition) is 1. The van der Waals surface area contributed by atoms with Gasteiger partial charge in [0.2, 0.25) is 20.7 Å². The Morgan fingerprint density at radius 2 is 1.41 bits per heavy atom. The molecule has 0 spiro atoms. The molecule has 1 N–H and O–H groups in total. The summed E-state index contributed by atoms with van der Waals surface area (Å²) < 4.78 is 26.1. The number of non-ortho nitro benzene ring substituents is 1. The van der Waals surface area contributed by atoms with E-state index in [0.717, 1.165) is 0 Å². The van der Waals surface area contributed by atoms with Gasteiger partial charge in [-0.1, -0.05) is 48.5 Å². The second kappa shape index (κ2) is 8.44. The van der Waals surface area contributed by atoms with Crippen molar-refractivity contribution in [3.05, 3.63) is 101 Å². The van der Waals surface area contributed by atoms with Gasteiger partial charge in [-0.3, -0.25) is 20.3 Å². The van der Waals surface area contributed by atoms with Crippen LogP contribution < -0.4 is 5.43 Å². The Kier molecular flexibility index (Phi) is 5.79. The van der Waals surface area contributed by atoms with Gasteiger partial charge >= 0.3 is 0 Å². The molecule has 0 unspecified atom stereocenters. The number of hydrogen-bond acceptors (Lipinski definition) is 7. The summed E-state index contributed by atoms with van der Waals surface area (Å²) in [5.41, 5.74) is 2.83. The summed E-state index contributed by atoms with van der Waals surface area (Å²) in [7, 11) is -4.21. The summed E-state index contributed by atoms with van der Waals surface area (Å²) >= 11 is 0. The Labute approximate surface area is 166 Å². The molecular formula is C20H15N3O5S. The Morgan fingerprint density at radius 1 is 0.862 bits per heavy atom. The highest BCUT2D eigenvalue weighted by molar-refractivity contribution is 8.08. The fourth-order valence-electron chi connectivity index (χ4n) is 2.43. The predicted molar refractivity (Wildman–Crippen MR) is 109 cm³/mol. The molecular weight excluding hydrogens is 394 g/mol. The number of sulfone groups is 1. The molecule has 0 radical (unpaired) electrons. The largest absolute Gasteiger partial charge is 0.286 e. The number of benzene rings is 3. The van der Waals surface area contributed by atoms with E-state index in [4.69, 9.17) is 0 Å². The molecule has 0 saturated heterocycles. The molecule has 146 valence electrons. The maximum atomic E-state index is 13.0. The summed E-state index contributed by atoms with van der Waals surface area (Å²) in [6, 6.07) is 20.6. The van der Waals surface area contributed by atoms with Crippen LogP contribution in [-0.4, -0.2) is 24.2 Å². The number of nitrogens with one attached hydrogen (secondary N) is 1. The fraction of sp³-hybridized carbons (Fsp3) is 0. The van der Waals surface area contributed by atoms with Crippen molar-refractivity contribution in [1.82, 2.24) is 0 Å². The molecule has 0 aliphatic carbocycles. The maximum absolute atomic E-state index is 13.0. The standard InChI is InChI=1S/C20H15N3O5S/c24-19(15-7-3-1-4-8-15)20(29(27,28)18-9-5-2-6-10-18)22-21-16-11-13-17(14-12-16)23(25)26/h1-14,21H/b22-20+. The molecule has 0 aliphatic rings. The summed E-state index contributed by atoms with van der Waals surface area (Å²) in [4.78, 5) is 23.0. The van der Waals surface area contributed by atoms with Crippen molar-refractivity contribution in [3.63, 3.8) is 0 Å². The molecule has 8 nitrogen and oxygen atoms in total. The zero-order valence-corrected chi connectivity index (χ0v) is 15.7. The lowest BCUT2D eigenvalue weighted by molar-refractivity contribution is -0.384. The first-order valence-corrected chi connectivity index (χ1v) is 9.86. The van der Waals surface area contributed by atoms with Crippen LogP contribution in [0.4, 0.5) is 11.4 Å². The van der Waals surface area contributed by atoms with Gasteiger partial charge in [0.15, 0.2) is 0 Å². The zero-order valence-electron chi connectivity index (χ0n) is 14.9. The molecule has 29 heavy (non-hydrogen) atoms. The Bertz CT molecular complexity index is 1160. The van der Waals surface area contributed by atoms with E-state index in [0.29, 0.717) is 0 Å². The lowest BCUT2D eigenvalue weighted by atomic mass is 10.1. The molecule has 0 aromatic heterocycles. The molecule has 9 heteroatoms. The van der Waals surface area contributed by atoms with E-state index in [1.54, 1.807) is 36.4 Å². The molecule has 3 aromatic rings. The van der Waals surface area contributed by atoms with Crippen molar-refractivity contribution in [2.24, 2.45) is 5.10 Å². The highest BCUT2D eigenvalue weighted by atomic mass is 32.2. The third-order valence-electron chi connectivity index (χ3n) is 3.90. The van der Waals surface area contributed by atoms with Crippen molar-refractivity contribution in [1.29, 1.82) is 0 Å². The molecule has 0 saturated carbocycles. The van der Waals surface area contributed by atoms with Gasteiger partial charge in [0.1, 0.15) is 0 Å². The summed E-state index contributed by atoms with van der Waals surface area (Å²) in [6.45, 7) is 0. The Hall–Kier alpha value is -3.85.